The van der Waals surface area contributed by atoms with Crippen LogP contribution >= 0.6 is 0 Å². The summed E-state index contributed by atoms with van der Waals surface area (Å²) in [4.78, 5) is 5.12. The molecule has 0 aliphatic carbocycles. The molecule has 3 nitrogen and oxygen atoms in total. The van der Waals surface area contributed by atoms with Gasteiger partial charge in [0.15, 0.2) is 6.20 Å². The monoisotopic (exact) mass is 127 g/mol. The maximum Gasteiger partial charge on any atom is 0.284 e. The van der Waals surface area contributed by atoms with Crippen LogP contribution in [0, 0.1) is 0 Å². The van der Waals surface area contributed by atoms with Crippen LogP contribution in [0.2, 0.25) is 0 Å². The van der Waals surface area contributed by atoms with Crippen molar-refractivity contribution in [2.75, 3.05) is 6.61 Å². The molecule has 0 fully saturated rings. The Balaban J connectivity index is 2.61. The largest absolute Gasteiger partial charge is 0.336 e. The first-order valence-corrected chi connectivity index (χ1v) is 2.99. The summed E-state index contributed by atoms with van der Waals surface area (Å²) in [5, 5.41) is 0. The van der Waals surface area contributed by atoms with E-state index in [9.17, 15) is 0 Å². The third kappa shape index (κ3) is 1.45. The Morgan fingerprint density at radius 3 is 2.89 bits per heavy atom. The van der Waals surface area contributed by atoms with Gasteiger partial charge in [0, 0.05) is 0 Å². The molecule has 0 saturated carbocycles. The normalized spacial score (nSPS) is 9.56. The lowest BCUT2D eigenvalue weighted by molar-refractivity contribution is -0.890. The second-order valence-corrected chi connectivity index (χ2v) is 1.86. The third-order valence-corrected chi connectivity index (χ3v) is 1.02. The molecular formula is C6H11N2O+. The van der Waals surface area contributed by atoms with E-state index in [1.54, 1.807) is 4.73 Å². The van der Waals surface area contributed by atoms with Crippen LogP contribution in [0.1, 0.15) is 6.92 Å². The predicted octanol–water partition coefficient (Wildman–Crippen LogP) is -0.239. The Bertz CT molecular complexity index is 183. The second-order valence-electron chi connectivity index (χ2n) is 1.86. The maximum atomic E-state index is 5.12. The lowest BCUT2D eigenvalue weighted by atomic mass is 10.9. The van der Waals surface area contributed by atoms with Gasteiger partial charge in [-0.05, 0) is 6.92 Å². The molecule has 9 heavy (non-hydrogen) atoms. The number of hydrogen-bond donors (Lipinski definition) is 0. The van der Waals surface area contributed by atoms with Gasteiger partial charge >= 0.3 is 0 Å². The molecule has 0 aromatic carbocycles. The van der Waals surface area contributed by atoms with Crippen molar-refractivity contribution in [1.29, 1.82) is 0 Å². The minimum atomic E-state index is 0.703. The molecule has 0 unspecified atom stereocenters. The zero-order chi connectivity index (χ0) is 6.69. The molecule has 0 atom stereocenters. The van der Waals surface area contributed by atoms with Crippen molar-refractivity contribution in [3.05, 3.63) is 18.7 Å². The van der Waals surface area contributed by atoms with Gasteiger partial charge in [-0.15, -0.1) is 0 Å². The highest BCUT2D eigenvalue weighted by atomic mass is 16.7. The number of nitrogens with zero attached hydrogens (tertiary/aromatic N) is 2. The van der Waals surface area contributed by atoms with Gasteiger partial charge in [0.05, 0.1) is 7.05 Å². The summed E-state index contributed by atoms with van der Waals surface area (Å²) >= 11 is 0. The highest BCUT2D eigenvalue weighted by Gasteiger charge is 1.96. The number of aryl methyl sites for hydroxylation is 1. The van der Waals surface area contributed by atoms with E-state index < -0.39 is 0 Å². The number of imidazole rings is 1. The van der Waals surface area contributed by atoms with Gasteiger partial charge in [-0.3, -0.25) is 0 Å². The standard InChI is InChI=1S/C6H11N2O/c1-3-9-8-5-4-7(2)6-8/h4-6H,3H2,1-2H3/q+1. The van der Waals surface area contributed by atoms with E-state index in [0.29, 0.717) is 6.61 Å². The molecule has 50 valence electrons. The van der Waals surface area contributed by atoms with E-state index >= 15 is 0 Å². The average molecular weight is 127 g/mol. The Hall–Kier alpha value is -0.990. The second kappa shape index (κ2) is 2.53. The summed E-state index contributed by atoms with van der Waals surface area (Å²) in [6, 6.07) is 0. The minimum absolute atomic E-state index is 0.703. The smallest absolute Gasteiger partial charge is 0.284 e. The van der Waals surface area contributed by atoms with E-state index in [4.69, 9.17) is 4.84 Å². The van der Waals surface area contributed by atoms with Crippen molar-refractivity contribution in [3.8, 4) is 0 Å². The van der Waals surface area contributed by atoms with Crippen molar-refractivity contribution in [1.82, 2.24) is 4.57 Å². The molecule has 1 rings (SSSR count). The summed E-state index contributed by atoms with van der Waals surface area (Å²) in [6.07, 6.45) is 5.66. The molecule has 0 N–H and O–H groups in total. The fourth-order valence-electron chi connectivity index (χ4n) is 0.653. The van der Waals surface area contributed by atoms with Crippen molar-refractivity contribution >= 4 is 0 Å². The number of aromatic nitrogens is 2. The van der Waals surface area contributed by atoms with Gasteiger partial charge in [-0.2, -0.15) is 0 Å². The number of hydrogen-bond acceptors (Lipinski definition) is 1. The molecule has 3 heteroatoms. The molecule has 1 aromatic rings. The van der Waals surface area contributed by atoms with Gasteiger partial charge in [-0.1, -0.05) is 4.73 Å². The first kappa shape index (κ1) is 6.13. The van der Waals surface area contributed by atoms with E-state index in [2.05, 4.69) is 0 Å². The Morgan fingerprint density at radius 2 is 2.44 bits per heavy atom. The first-order chi connectivity index (χ1) is 4.33. The maximum absolute atomic E-state index is 5.12. The van der Waals surface area contributed by atoms with E-state index in [0.717, 1.165) is 0 Å². The summed E-state index contributed by atoms with van der Waals surface area (Å²) in [7, 11) is 1.95. The summed E-state index contributed by atoms with van der Waals surface area (Å²) in [5.74, 6) is 0. The van der Waals surface area contributed by atoms with Crippen molar-refractivity contribution in [2.24, 2.45) is 7.05 Å². The molecule has 0 aliphatic heterocycles. The van der Waals surface area contributed by atoms with Crippen LogP contribution in [0.15, 0.2) is 18.7 Å². The first-order valence-electron chi connectivity index (χ1n) is 2.99. The van der Waals surface area contributed by atoms with Crippen LogP contribution in [-0.2, 0) is 7.05 Å². The summed E-state index contributed by atoms with van der Waals surface area (Å²) < 4.78 is 3.61. The molecule has 0 amide bonds. The molecule has 0 spiro atoms. The van der Waals surface area contributed by atoms with Crippen LogP contribution in [0.25, 0.3) is 0 Å². The Kier molecular flexibility index (Phi) is 1.72. The average Bonchev–Trinajstić information content (AvgIpc) is 2.17. The van der Waals surface area contributed by atoms with Gasteiger partial charge in [0.25, 0.3) is 6.33 Å². The SMILES string of the molecule is CCO[n+]1ccn(C)c1. The molecular weight excluding hydrogens is 116 g/mol. The Labute approximate surface area is 54.4 Å². The number of rotatable bonds is 2. The topological polar surface area (TPSA) is 18.0 Å². The van der Waals surface area contributed by atoms with Gasteiger partial charge in [0.1, 0.15) is 12.8 Å². The van der Waals surface area contributed by atoms with Crippen LogP contribution in [-0.4, -0.2) is 11.2 Å². The van der Waals surface area contributed by atoms with Crippen LogP contribution in [0.3, 0.4) is 0 Å². The highest BCUT2D eigenvalue weighted by molar-refractivity contribution is 4.60. The fourth-order valence-corrected chi connectivity index (χ4v) is 0.653. The predicted molar refractivity (Wildman–Crippen MR) is 32.7 cm³/mol. The summed E-state index contributed by atoms with van der Waals surface area (Å²) in [6.45, 7) is 2.66. The van der Waals surface area contributed by atoms with Gasteiger partial charge < -0.3 is 4.84 Å². The molecule has 0 aliphatic rings. The zero-order valence-corrected chi connectivity index (χ0v) is 5.74. The van der Waals surface area contributed by atoms with E-state index in [-0.39, 0.29) is 0 Å². The molecule has 0 radical (unpaired) electrons. The van der Waals surface area contributed by atoms with Crippen LogP contribution < -0.4 is 9.57 Å². The van der Waals surface area contributed by atoms with E-state index in [1.807, 2.05) is 37.3 Å². The lowest BCUT2D eigenvalue weighted by Gasteiger charge is -1.90. The van der Waals surface area contributed by atoms with Crippen molar-refractivity contribution in [3.63, 3.8) is 0 Å². The van der Waals surface area contributed by atoms with E-state index in [1.165, 1.54) is 0 Å². The molecule has 1 heterocycles. The zero-order valence-electron chi connectivity index (χ0n) is 5.74. The van der Waals surface area contributed by atoms with Crippen LogP contribution in [0.4, 0.5) is 0 Å². The Morgan fingerprint density at radius 1 is 1.67 bits per heavy atom. The molecule has 1 aromatic heterocycles. The highest BCUT2D eigenvalue weighted by Crippen LogP contribution is 1.72. The minimum Gasteiger partial charge on any atom is -0.336 e. The van der Waals surface area contributed by atoms with Crippen LogP contribution in [0.5, 0.6) is 0 Å². The van der Waals surface area contributed by atoms with Crippen molar-refractivity contribution in [2.45, 2.75) is 6.92 Å². The summed E-state index contributed by atoms with van der Waals surface area (Å²) in [5.41, 5.74) is 0. The lowest BCUT2D eigenvalue weighted by Crippen LogP contribution is -2.40. The van der Waals surface area contributed by atoms with Gasteiger partial charge in [-0.25, -0.2) is 4.57 Å². The fraction of sp³-hybridized carbons (Fsp3) is 0.500. The third-order valence-electron chi connectivity index (χ3n) is 1.02. The molecule has 0 saturated heterocycles. The molecule has 0 bridgehead atoms. The van der Waals surface area contributed by atoms with Crippen molar-refractivity contribution < 1.29 is 9.57 Å². The van der Waals surface area contributed by atoms with Gasteiger partial charge in [0.2, 0.25) is 0 Å². The quantitative estimate of drug-likeness (QED) is 0.501.